The number of carbonyl (C=O) groups excluding carboxylic acids is 1. The van der Waals surface area contributed by atoms with Crippen LogP contribution in [0.5, 0.6) is 5.75 Å². The van der Waals surface area contributed by atoms with Crippen LogP contribution in [0.3, 0.4) is 0 Å². The van der Waals surface area contributed by atoms with Crippen LogP contribution in [0, 0.1) is 5.82 Å². The molecule has 7 rings (SSSR count). The minimum absolute atomic E-state index is 0.0578. The van der Waals surface area contributed by atoms with Gasteiger partial charge < -0.3 is 25.0 Å². The van der Waals surface area contributed by atoms with E-state index >= 15 is 0 Å². The summed E-state index contributed by atoms with van der Waals surface area (Å²) >= 11 is 6.07. The average molecular weight is 664 g/mol. The smallest absolute Gasteiger partial charge is 0.247 e. The van der Waals surface area contributed by atoms with Gasteiger partial charge in [-0.3, -0.25) is 14.5 Å². The summed E-state index contributed by atoms with van der Waals surface area (Å²) in [6, 6.07) is 10.6. The number of ether oxygens (including phenoxy) is 2. The third kappa shape index (κ3) is 6.60. The minimum Gasteiger partial charge on any atom is -0.494 e. The molecule has 0 unspecified atom stereocenters. The molecule has 4 saturated heterocycles. The topological polar surface area (TPSA) is 104 Å². The van der Waals surface area contributed by atoms with E-state index < -0.39 is 11.9 Å². The molecule has 47 heavy (non-hydrogen) atoms. The van der Waals surface area contributed by atoms with E-state index in [4.69, 9.17) is 25.9 Å². The Morgan fingerprint density at radius 2 is 1.87 bits per heavy atom. The maximum absolute atomic E-state index is 14.9. The van der Waals surface area contributed by atoms with Crippen molar-refractivity contribution in [2.45, 2.75) is 56.4 Å². The van der Waals surface area contributed by atoms with Gasteiger partial charge in [-0.25, -0.2) is 19.4 Å². The summed E-state index contributed by atoms with van der Waals surface area (Å²) in [7, 11) is 1.61. The highest BCUT2D eigenvalue weighted by Gasteiger charge is 2.38. The summed E-state index contributed by atoms with van der Waals surface area (Å²) in [6.45, 7) is 7.78. The predicted octanol–water partition coefficient (Wildman–Crippen LogP) is 5.86. The molecular formula is C34H39ClFN7O4. The van der Waals surface area contributed by atoms with Crippen LogP contribution < -0.4 is 25.3 Å². The van der Waals surface area contributed by atoms with Crippen LogP contribution in [0.25, 0.3) is 0 Å². The van der Waals surface area contributed by atoms with Crippen LogP contribution in [-0.4, -0.2) is 78.9 Å². The van der Waals surface area contributed by atoms with E-state index in [1.54, 1.807) is 30.4 Å². The number of hydroxylamine groups is 1. The molecule has 3 aromatic rings. The number of aromatic nitrogens is 2. The zero-order valence-corrected chi connectivity index (χ0v) is 27.1. The van der Waals surface area contributed by atoms with E-state index in [2.05, 4.69) is 37.0 Å². The Kier molecular flexibility index (Phi) is 9.17. The molecule has 1 amide bonds. The number of hydrogen-bond donors (Lipinski definition) is 2. The molecule has 5 heterocycles. The Morgan fingerprint density at radius 3 is 2.62 bits per heavy atom. The van der Waals surface area contributed by atoms with Gasteiger partial charge in [-0.15, -0.1) is 0 Å². The van der Waals surface area contributed by atoms with Gasteiger partial charge in [-0.1, -0.05) is 30.3 Å². The Morgan fingerprint density at radius 1 is 1.09 bits per heavy atom. The van der Waals surface area contributed by atoms with Crippen LogP contribution in [-0.2, 0) is 14.4 Å². The van der Waals surface area contributed by atoms with Crippen molar-refractivity contribution in [3.63, 3.8) is 0 Å². The van der Waals surface area contributed by atoms with Crippen LogP contribution in [0.4, 0.5) is 33.1 Å². The van der Waals surface area contributed by atoms with Crippen molar-refractivity contribution in [2.24, 2.45) is 0 Å². The molecular weight excluding hydrogens is 625 g/mol. The van der Waals surface area contributed by atoms with Crippen molar-refractivity contribution < 1.29 is 23.5 Å². The van der Waals surface area contributed by atoms with E-state index in [-0.39, 0.29) is 10.9 Å². The number of fused-ring (bicyclic) bond motifs is 2. The number of piperidine rings is 1. The van der Waals surface area contributed by atoms with Gasteiger partial charge in [0, 0.05) is 56.3 Å². The van der Waals surface area contributed by atoms with Gasteiger partial charge in [0.05, 0.1) is 54.1 Å². The van der Waals surface area contributed by atoms with Crippen molar-refractivity contribution in [3.8, 4) is 5.75 Å². The molecule has 248 valence electrons. The van der Waals surface area contributed by atoms with Crippen molar-refractivity contribution >= 4 is 46.2 Å². The lowest BCUT2D eigenvalue weighted by molar-refractivity contribution is -0.111. The molecule has 0 spiro atoms. The summed E-state index contributed by atoms with van der Waals surface area (Å²) in [5.74, 6) is 0.716. The highest BCUT2D eigenvalue weighted by atomic mass is 35.5. The zero-order valence-electron chi connectivity index (χ0n) is 26.3. The number of carbonyl (C=O) groups is 1. The van der Waals surface area contributed by atoms with Gasteiger partial charge in [0.1, 0.15) is 23.7 Å². The maximum Gasteiger partial charge on any atom is 0.247 e. The van der Waals surface area contributed by atoms with Crippen LogP contribution in [0.2, 0.25) is 5.02 Å². The fourth-order valence-corrected chi connectivity index (χ4v) is 7.41. The van der Waals surface area contributed by atoms with Crippen molar-refractivity contribution in [1.29, 1.82) is 0 Å². The Bertz CT molecular complexity index is 1630. The van der Waals surface area contributed by atoms with Crippen molar-refractivity contribution in [1.82, 2.24) is 14.9 Å². The van der Waals surface area contributed by atoms with E-state index in [9.17, 15) is 9.18 Å². The molecule has 4 fully saturated rings. The first-order chi connectivity index (χ1) is 22.9. The first-order valence-corrected chi connectivity index (χ1v) is 16.5. The van der Waals surface area contributed by atoms with Crippen LogP contribution in [0.1, 0.15) is 43.7 Å². The molecule has 0 aliphatic carbocycles. The third-order valence-electron chi connectivity index (χ3n) is 9.54. The second kappa shape index (κ2) is 13.6. The number of benzene rings is 2. The van der Waals surface area contributed by atoms with Gasteiger partial charge in [0.25, 0.3) is 0 Å². The number of amides is 1. The second-order valence-electron chi connectivity index (χ2n) is 12.4. The number of hydrogen-bond acceptors (Lipinski definition) is 10. The van der Waals surface area contributed by atoms with Gasteiger partial charge in [-0.2, -0.15) is 0 Å². The lowest BCUT2D eigenvalue weighted by Gasteiger charge is -2.43. The van der Waals surface area contributed by atoms with E-state index in [1.165, 1.54) is 31.3 Å². The van der Waals surface area contributed by atoms with Gasteiger partial charge in [0.15, 0.2) is 5.82 Å². The fraction of sp³-hybridized carbons (Fsp3) is 0.441. The fourth-order valence-electron chi connectivity index (χ4n) is 7.23. The molecule has 2 N–H and O–H groups in total. The number of methoxy groups -OCH3 is 1. The summed E-state index contributed by atoms with van der Waals surface area (Å²) in [5, 5.41) is 7.96. The highest BCUT2D eigenvalue weighted by molar-refractivity contribution is 6.30. The molecule has 0 saturated carbocycles. The van der Waals surface area contributed by atoms with Gasteiger partial charge >= 0.3 is 0 Å². The maximum atomic E-state index is 14.9. The molecule has 13 heteroatoms. The number of likely N-dealkylation sites (tertiary alicyclic amines) is 1. The standard InChI is InChI=1S/C34H39ClFN7O4/c1-3-33(44)40-26-15-27(30(45-2)16-29(26)41-12-9-21(10-13-41)42-18-22-7-8-23(19-42)47-22)39-31-17-32(38-20-37-31)43-28(11-14-46-43)24-5-4-6-25(35)34(24)36/h3-6,15-17,20-23,28H,1,7-14,18-19H2,2H3,(H,40,44)(H,37,38,39)/t22-,23+,28-/m1/s1. The quantitative estimate of drug-likeness (QED) is 0.271. The second-order valence-corrected chi connectivity index (χ2v) is 12.8. The summed E-state index contributed by atoms with van der Waals surface area (Å²) in [6.07, 6.45) is 8.36. The number of anilines is 5. The highest BCUT2D eigenvalue weighted by Crippen LogP contribution is 2.41. The predicted molar refractivity (Wildman–Crippen MR) is 179 cm³/mol. The third-order valence-corrected chi connectivity index (χ3v) is 9.83. The SMILES string of the molecule is C=CC(=O)Nc1cc(Nc2cc(N3OCC[C@@H]3c3cccc(Cl)c3F)ncn2)c(OC)cc1N1CCC(N2C[C@H]3CC[C@@H](C2)O3)CC1. The molecule has 1 aromatic heterocycles. The van der Waals surface area contributed by atoms with Gasteiger partial charge in [0.2, 0.25) is 5.91 Å². The van der Waals surface area contributed by atoms with Crippen LogP contribution >= 0.6 is 11.6 Å². The number of nitrogens with zero attached hydrogens (tertiary/aromatic N) is 5. The molecule has 2 bridgehead atoms. The molecule has 2 aromatic carbocycles. The average Bonchev–Trinajstić information content (AvgIpc) is 3.72. The lowest BCUT2D eigenvalue weighted by atomic mass is 10.0. The first kappa shape index (κ1) is 31.6. The zero-order chi connectivity index (χ0) is 32.5. The van der Waals surface area contributed by atoms with Gasteiger partial charge in [-0.05, 0) is 43.9 Å². The summed E-state index contributed by atoms with van der Waals surface area (Å²) in [4.78, 5) is 32.2. The Hall–Kier alpha value is -3.97. The van der Waals surface area contributed by atoms with E-state index in [0.29, 0.717) is 65.6 Å². The lowest BCUT2D eigenvalue weighted by Crippen LogP contribution is -2.51. The number of rotatable bonds is 9. The molecule has 11 nitrogen and oxygen atoms in total. The normalized spacial score (nSPS) is 23.2. The molecule has 3 atom stereocenters. The number of nitrogens with one attached hydrogen (secondary N) is 2. The Balaban J connectivity index is 1.11. The Labute approximate surface area is 278 Å². The van der Waals surface area contributed by atoms with Crippen molar-refractivity contribution in [3.05, 3.63) is 71.8 Å². The molecule has 4 aliphatic heterocycles. The molecule has 0 radical (unpaired) electrons. The monoisotopic (exact) mass is 663 g/mol. The largest absolute Gasteiger partial charge is 0.494 e. The summed E-state index contributed by atoms with van der Waals surface area (Å²) < 4.78 is 26.8. The number of morpholine rings is 1. The van der Waals surface area contributed by atoms with E-state index in [0.717, 1.165) is 44.7 Å². The number of halogens is 2. The molecule has 4 aliphatic rings. The van der Waals surface area contributed by atoms with Crippen LogP contribution in [0.15, 0.2) is 55.4 Å². The first-order valence-electron chi connectivity index (χ1n) is 16.1. The van der Waals surface area contributed by atoms with Crippen molar-refractivity contribution in [2.75, 3.05) is 60.5 Å². The minimum atomic E-state index is -0.474. The summed E-state index contributed by atoms with van der Waals surface area (Å²) in [5.41, 5.74) is 2.54. The van der Waals surface area contributed by atoms with E-state index in [1.807, 2.05) is 12.1 Å².